The van der Waals surface area contributed by atoms with Crippen molar-refractivity contribution in [2.45, 2.75) is 32.7 Å². The van der Waals surface area contributed by atoms with Crippen LogP contribution in [0.4, 0.5) is 8.78 Å². The van der Waals surface area contributed by atoms with Crippen LogP contribution in [0.25, 0.3) is 11.5 Å². The van der Waals surface area contributed by atoms with E-state index in [4.69, 9.17) is 4.42 Å². The number of nitrogens with zero attached hydrogens (tertiary/aromatic N) is 2. The molecule has 108 valence electrons. The topological polar surface area (TPSA) is 51.0 Å². The van der Waals surface area contributed by atoms with Gasteiger partial charge in [-0.25, -0.2) is 8.78 Å². The molecule has 1 aromatic heterocycles. The SMILES string of the molecule is CC(C)(C)NCCc1nnc(-c2c(F)cccc2F)o1. The Labute approximate surface area is 116 Å². The largest absolute Gasteiger partial charge is 0.420 e. The fourth-order valence-electron chi connectivity index (χ4n) is 1.70. The van der Waals surface area contributed by atoms with Crippen molar-refractivity contribution in [3.63, 3.8) is 0 Å². The van der Waals surface area contributed by atoms with Crippen LogP contribution in [0, 0.1) is 11.6 Å². The van der Waals surface area contributed by atoms with Gasteiger partial charge in [-0.15, -0.1) is 10.2 Å². The third-order valence-corrected chi connectivity index (χ3v) is 2.64. The van der Waals surface area contributed by atoms with Crippen molar-refractivity contribution in [1.82, 2.24) is 15.5 Å². The third-order valence-electron chi connectivity index (χ3n) is 2.64. The molecule has 0 aliphatic carbocycles. The van der Waals surface area contributed by atoms with Crippen LogP contribution < -0.4 is 5.32 Å². The minimum Gasteiger partial charge on any atom is -0.420 e. The van der Waals surface area contributed by atoms with Crippen LogP contribution in [0.15, 0.2) is 22.6 Å². The molecule has 0 aliphatic rings. The Kier molecular flexibility index (Phi) is 4.13. The lowest BCUT2D eigenvalue weighted by molar-refractivity contribution is 0.411. The van der Waals surface area contributed by atoms with Crippen molar-refractivity contribution in [2.24, 2.45) is 0 Å². The van der Waals surface area contributed by atoms with Crippen molar-refractivity contribution in [3.05, 3.63) is 35.7 Å². The minimum absolute atomic E-state index is 0.0134. The molecule has 0 spiro atoms. The molecule has 0 bridgehead atoms. The predicted molar refractivity (Wildman–Crippen MR) is 71.1 cm³/mol. The molecular weight excluding hydrogens is 264 g/mol. The Balaban J connectivity index is 2.09. The van der Waals surface area contributed by atoms with Gasteiger partial charge in [-0.1, -0.05) is 6.07 Å². The molecule has 0 amide bonds. The zero-order chi connectivity index (χ0) is 14.8. The summed E-state index contributed by atoms with van der Waals surface area (Å²) in [7, 11) is 0. The molecular formula is C14H17F2N3O. The second-order valence-electron chi connectivity index (χ2n) is 5.52. The van der Waals surface area contributed by atoms with E-state index in [2.05, 4.69) is 15.5 Å². The number of hydrogen-bond donors (Lipinski definition) is 1. The molecule has 0 saturated carbocycles. The van der Waals surface area contributed by atoms with Gasteiger partial charge in [-0.2, -0.15) is 0 Å². The number of benzene rings is 1. The summed E-state index contributed by atoms with van der Waals surface area (Å²) < 4.78 is 32.5. The van der Waals surface area contributed by atoms with Gasteiger partial charge < -0.3 is 9.73 Å². The summed E-state index contributed by atoms with van der Waals surface area (Å²) in [4.78, 5) is 0. The summed E-state index contributed by atoms with van der Waals surface area (Å²) in [6.07, 6.45) is 0.500. The summed E-state index contributed by atoms with van der Waals surface area (Å²) >= 11 is 0. The molecule has 0 radical (unpaired) electrons. The third kappa shape index (κ3) is 3.60. The number of rotatable bonds is 4. The van der Waals surface area contributed by atoms with E-state index in [0.717, 1.165) is 12.1 Å². The van der Waals surface area contributed by atoms with E-state index in [-0.39, 0.29) is 17.0 Å². The molecule has 4 nitrogen and oxygen atoms in total. The van der Waals surface area contributed by atoms with Gasteiger partial charge in [0.1, 0.15) is 17.2 Å². The van der Waals surface area contributed by atoms with Crippen molar-refractivity contribution in [2.75, 3.05) is 6.54 Å². The van der Waals surface area contributed by atoms with Gasteiger partial charge in [0.2, 0.25) is 5.89 Å². The second kappa shape index (κ2) is 5.66. The first-order valence-corrected chi connectivity index (χ1v) is 6.38. The lowest BCUT2D eigenvalue weighted by Crippen LogP contribution is -2.37. The van der Waals surface area contributed by atoms with Crippen molar-refractivity contribution in [3.8, 4) is 11.5 Å². The molecule has 0 unspecified atom stereocenters. The smallest absolute Gasteiger partial charge is 0.253 e. The van der Waals surface area contributed by atoms with Gasteiger partial charge in [0.15, 0.2) is 0 Å². The van der Waals surface area contributed by atoms with Crippen LogP contribution in [-0.2, 0) is 6.42 Å². The summed E-state index contributed by atoms with van der Waals surface area (Å²) in [6, 6.07) is 3.60. The van der Waals surface area contributed by atoms with Gasteiger partial charge in [0.05, 0.1) is 0 Å². The van der Waals surface area contributed by atoms with E-state index in [1.54, 1.807) is 0 Å². The molecule has 2 rings (SSSR count). The Bertz CT molecular complexity index is 570. The van der Waals surface area contributed by atoms with Crippen molar-refractivity contribution in [1.29, 1.82) is 0 Å². The van der Waals surface area contributed by atoms with Gasteiger partial charge in [-0.05, 0) is 32.9 Å². The molecule has 2 aromatic rings. The molecule has 1 N–H and O–H groups in total. The van der Waals surface area contributed by atoms with Crippen molar-refractivity contribution < 1.29 is 13.2 Å². The highest BCUT2D eigenvalue weighted by Gasteiger charge is 2.17. The summed E-state index contributed by atoms with van der Waals surface area (Å²) in [6.45, 7) is 6.77. The fraction of sp³-hybridized carbons (Fsp3) is 0.429. The van der Waals surface area contributed by atoms with E-state index in [9.17, 15) is 8.78 Å². The first-order chi connectivity index (χ1) is 9.37. The number of halogens is 2. The number of hydrogen-bond acceptors (Lipinski definition) is 4. The summed E-state index contributed by atoms with van der Waals surface area (Å²) in [5.41, 5.74) is -0.296. The van der Waals surface area contributed by atoms with Gasteiger partial charge in [0, 0.05) is 18.5 Å². The zero-order valence-corrected chi connectivity index (χ0v) is 11.7. The molecule has 20 heavy (non-hydrogen) atoms. The minimum atomic E-state index is -0.715. The number of aromatic nitrogens is 2. The van der Waals surface area contributed by atoms with Crippen molar-refractivity contribution >= 4 is 0 Å². The van der Waals surface area contributed by atoms with Gasteiger partial charge >= 0.3 is 0 Å². The Morgan fingerprint density at radius 3 is 2.40 bits per heavy atom. The molecule has 6 heteroatoms. The maximum absolute atomic E-state index is 13.6. The molecule has 0 fully saturated rings. The molecule has 0 saturated heterocycles. The van der Waals surface area contributed by atoms with Crippen LogP contribution in [0.2, 0.25) is 0 Å². The average Bonchev–Trinajstić information content (AvgIpc) is 2.75. The second-order valence-corrected chi connectivity index (χ2v) is 5.52. The predicted octanol–water partition coefficient (Wildman–Crippen LogP) is 2.95. The Morgan fingerprint density at radius 2 is 1.80 bits per heavy atom. The van der Waals surface area contributed by atoms with E-state index in [1.165, 1.54) is 6.07 Å². The first kappa shape index (κ1) is 14.6. The monoisotopic (exact) mass is 281 g/mol. The highest BCUT2D eigenvalue weighted by atomic mass is 19.1. The molecule has 0 aliphatic heterocycles. The zero-order valence-electron chi connectivity index (χ0n) is 11.7. The standard InChI is InChI=1S/C14H17F2N3O/c1-14(2,3)17-8-7-11-18-19-13(20-11)12-9(15)5-4-6-10(12)16/h4-6,17H,7-8H2,1-3H3. The quantitative estimate of drug-likeness (QED) is 0.936. The summed E-state index contributed by atoms with van der Waals surface area (Å²) in [5.74, 6) is -1.22. The molecule has 0 atom stereocenters. The highest BCUT2D eigenvalue weighted by Crippen LogP contribution is 2.24. The van der Waals surface area contributed by atoms with E-state index >= 15 is 0 Å². The Morgan fingerprint density at radius 1 is 1.15 bits per heavy atom. The van der Waals surface area contributed by atoms with Crippen LogP contribution in [0.1, 0.15) is 26.7 Å². The summed E-state index contributed by atoms with van der Waals surface area (Å²) in [5, 5.41) is 10.8. The van der Waals surface area contributed by atoms with Crippen LogP contribution >= 0.6 is 0 Å². The first-order valence-electron chi connectivity index (χ1n) is 6.38. The highest BCUT2D eigenvalue weighted by molar-refractivity contribution is 5.54. The van der Waals surface area contributed by atoms with Gasteiger partial charge in [-0.3, -0.25) is 0 Å². The molecule has 1 aromatic carbocycles. The fourth-order valence-corrected chi connectivity index (χ4v) is 1.70. The maximum atomic E-state index is 13.6. The van der Waals surface area contributed by atoms with Crippen LogP contribution in [0.5, 0.6) is 0 Å². The lowest BCUT2D eigenvalue weighted by atomic mass is 10.1. The maximum Gasteiger partial charge on any atom is 0.253 e. The normalized spacial score (nSPS) is 11.8. The Hall–Kier alpha value is -1.82. The van der Waals surface area contributed by atoms with E-state index in [0.29, 0.717) is 18.9 Å². The lowest BCUT2D eigenvalue weighted by Gasteiger charge is -2.19. The van der Waals surface area contributed by atoms with E-state index < -0.39 is 11.6 Å². The average molecular weight is 281 g/mol. The van der Waals surface area contributed by atoms with Crippen LogP contribution in [-0.4, -0.2) is 22.3 Å². The molecule has 1 heterocycles. The van der Waals surface area contributed by atoms with E-state index in [1.807, 2.05) is 20.8 Å². The van der Waals surface area contributed by atoms with Crippen LogP contribution in [0.3, 0.4) is 0 Å². The van der Waals surface area contributed by atoms with Gasteiger partial charge in [0.25, 0.3) is 5.89 Å². The number of nitrogens with one attached hydrogen (secondary N) is 1.